The van der Waals surface area contributed by atoms with Gasteiger partial charge in [-0.2, -0.15) is 0 Å². The minimum atomic E-state index is -0.430. The summed E-state index contributed by atoms with van der Waals surface area (Å²) in [5, 5.41) is 18.0. The van der Waals surface area contributed by atoms with E-state index in [9.17, 15) is 9.59 Å². The molecule has 0 aliphatic rings. The zero-order valence-electron chi connectivity index (χ0n) is 20.9. The SMILES string of the molecule is C=CCn1c(SCC(=O)Nc2nc(-c3ccccc3)cs2)nnc1C(NC(=O)c1ccccc1Cl)C(C)C. The van der Waals surface area contributed by atoms with Gasteiger partial charge in [0.05, 0.1) is 28.1 Å². The summed E-state index contributed by atoms with van der Waals surface area (Å²) in [6.07, 6.45) is 1.73. The second-order valence-electron chi connectivity index (χ2n) is 8.66. The highest BCUT2D eigenvalue weighted by molar-refractivity contribution is 7.99. The lowest BCUT2D eigenvalue weighted by Crippen LogP contribution is -2.34. The number of aromatic nitrogens is 4. The van der Waals surface area contributed by atoms with Crippen LogP contribution in [0.3, 0.4) is 0 Å². The largest absolute Gasteiger partial charge is 0.342 e. The lowest BCUT2D eigenvalue weighted by atomic mass is 10.0. The van der Waals surface area contributed by atoms with Crippen molar-refractivity contribution < 1.29 is 9.59 Å². The first-order chi connectivity index (χ1) is 18.4. The fourth-order valence-electron chi connectivity index (χ4n) is 3.69. The van der Waals surface area contributed by atoms with Crippen LogP contribution in [0.4, 0.5) is 5.13 Å². The Kier molecular flexibility index (Phi) is 9.33. The van der Waals surface area contributed by atoms with Gasteiger partial charge < -0.3 is 15.2 Å². The molecule has 0 spiro atoms. The number of nitrogens with one attached hydrogen (secondary N) is 2. The zero-order valence-corrected chi connectivity index (χ0v) is 23.3. The molecule has 1 unspecified atom stereocenters. The molecule has 4 aromatic rings. The van der Waals surface area contributed by atoms with Gasteiger partial charge in [0.1, 0.15) is 0 Å². The molecule has 0 fully saturated rings. The molecule has 11 heteroatoms. The molecule has 0 radical (unpaired) electrons. The molecule has 0 aliphatic carbocycles. The Hall–Kier alpha value is -3.47. The molecule has 196 valence electrons. The molecule has 2 aromatic heterocycles. The summed E-state index contributed by atoms with van der Waals surface area (Å²) in [6, 6.07) is 16.2. The van der Waals surface area contributed by atoms with Gasteiger partial charge in [0.2, 0.25) is 5.91 Å². The minimum absolute atomic E-state index is 0.0130. The second-order valence-corrected chi connectivity index (χ2v) is 10.9. The van der Waals surface area contributed by atoms with Crippen molar-refractivity contribution in [2.75, 3.05) is 11.1 Å². The maximum absolute atomic E-state index is 13.0. The minimum Gasteiger partial charge on any atom is -0.342 e. The number of amides is 2. The van der Waals surface area contributed by atoms with Crippen LogP contribution in [0.15, 0.2) is 77.8 Å². The van der Waals surface area contributed by atoms with Crippen LogP contribution in [-0.2, 0) is 11.3 Å². The molecule has 2 N–H and O–H groups in total. The zero-order chi connectivity index (χ0) is 27.1. The third-order valence-corrected chi connectivity index (χ3v) is 7.61. The van der Waals surface area contributed by atoms with E-state index in [1.165, 1.54) is 23.1 Å². The van der Waals surface area contributed by atoms with Crippen molar-refractivity contribution >= 4 is 51.6 Å². The first-order valence-corrected chi connectivity index (χ1v) is 14.1. The van der Waals surface area contributed by atoms with Crippen molar-refractivity contribution in [1.29, 1.82) is 0 Å². The predicted molar refractivity (Wildman–Crippen MR) is 154 cm³/mol. The number of nitrogens with zero attached hydrogens (tertiary/aromatic N) is 4. The number of benzene rings is 2. The van der Waals surface area contributed by atoms with Crippen LogP contribution in [0.1, 0.15) is 36.1 Å². The standard InChI is InChI=1S/C27H27ClN6O2S2/c1-4-14-34-24(23(17(2)3)31-25(36)19-12-8-9-13-20(19)28)32-33-27(34)38-16-22(35)30-26-29-21(15-37-26)18-10-6-5-7-11-18/h4-13,15,17,23H,1,14,16H2,2-3H3,(H,31,36)(H,29,30,35). The molecule has 0 saturated carbocycles. The average Bonchev–Trinajstić information content (AvgIpc) is 3.54. The van der Waals surface area contributed by atoms with E-state index in [4.69, 9.17) is 11.6 Å². The Morgan fingerprint density at radius 3 is 2.58 bits per heavy atom. The third-order valence-electron chi connectivity index (χ3n) is 5.56. The number of carbonyl (C=O) groups excluding carboxylic acids is 2. The molecule has 38 heavy (non-hydrogen) atoms. The van der Waals surface area contributed by atoms with Crippen LogP contribution < -0.4 is 10.6 Å². The fourth-order valence-corrected chi connectivity index (χ4v) is 5.40. The summed E-state index contributed by atoms with van der Waals surface area (Å²) in [4.78, 5) is 30.2. The van der Waals surface area contributed by atoms with Crippen LogP contribution in [-0.4, -0.2) is 37.3 Å². The van der Waals surface area contributed by atoms with Crippen LogP contribution >= 0.6 is 34.7 Å². The molecule has 2 heterocycles. The summed E-state index contributed by atoms with van der Waals surface area (Å²) in [5.41, 5.74) is 2.19. The fraction of sp³-hybridized carbons (Fsp3) is 0.222. The number of thiazole rings is 1. The van der Waals surface area contributed by atoms with E-state index < -0.39 is 6.04 Å². The molecule has 8 nitrogen and oxygen atoms in total. The number of thioether (sulfide) groups is 1. The van der Waals surface area contributed by atoms with Crippen molar-refractivity contribution in [3.05, 3.63) is 89.0 Å². The Morgan fingerprint density at radius 1 is 1.13 bits per heavy atom. The number of anilines is 1. The maximum atomic E-state index is 13.0. The predicted octanol–water partition coefficient (Wildman–Crippen LogP) is 6.10. The monoisotopic (exact) mass is 566 g/mol. The number of rotatable bonds is 11. The summed E-state index contributed by atoms with van der Waals surface area (Å²) >= 11 is 8.85. The van der Waals surface area contributed by atoms with Gasteiger partial charge in [0, 0.05) is 17.5 Å². The van der Waals surface area contributed by atoms with Gasteiger partial charge in [-0.3, -0.25) is 9.59 Å². The highest BCUT2D eigenvalue weighted by atomic mass is 35.5. The summed E-state index contributed by atoms with van der Waals surface area (Å²) < 4.78 is 1.86. The first kappa shape index (κ1) is 27.6. The average molecular weight is 567 g/mol. The number of hydrogen-bond donors (Lipinski definition) is 2. The van der Waals surface area contributed by atoms with E-state index in [0.717, 1.165) is 11.3 Å². The van der Waals surface area contributed by atoms with E-state index in [1.54, 1.807) is 30.3 Å². The molecular weight excluding hydrogens is 540 g/mol. The second kappa shape index (κ2) is 12.9. The van der Waals surface area contributed by atoms with Crippen molar-refractivity contribution in [2.45, 2.75) is 31.6 Å². The molecule has 1 atom stereocenters. The highest BCUT2D eigenvalue weighted by Crippen LogP contribution is 2.28. The Bertz CT molecular complexity index is 1420. The van der Waals surface area contributed by atoms with Crippen LogP contribution in [0, 0.1) is 5.92 Å². The van der Waals surface area contributed by atoms with Gasteiger partial charge in [-0.05, 0) is 18.1 Å². The topological polar surface area (TPSA) is 102 Å². The molecule has 0 aliphatic heterocycles. The Labute approximate surface area is 234 Å². The highest BCUT2D eigenvalue weighted by Gasteiger charge is 2.27. The quantitative estimate of drug-likeness (QED) is 0.168. The van der Waals surface area contributed by atoms with Crippen molar-refractivity contribution in [3.63, 3.8) is 0 Å². The van der Waals surface area contributed by atoms with Crippen LogP contribution in [0.2, 0.25) is 5.02 Å². The molecular formula is C27H27ClN6O2S2. The van der Waals surface area contributed by atoms with E-state index in [0.29, 0.717) is 33.2 Å². The van der Waals surface area contributed by atoms with E-state index in [2.05, 4.69) is 32.4 Å². The van der Waals surface area contributed by atoms with Gasteiger partial charge >= 0.3 is 0 Å². The van der Waals surface area contributed by atoms with Crippen molar-refractivity contribution in [2.24, 2.45) is 5.92 Å². The number of hydrogen-bond acceptors (Lipinski definition) is 7. The molecule has 0 saturated heterocycles. The first-order valence-electron chi connectivity index (χ1n) is 11.9. The van der Waals surface area contributed by atoms with E-state index in [-0.39, 0.29) is 23.5 Å². The number of halogens is 1. The van der Waals surface area contributed by atoms with E-state index >= 15 is 0 Å². The summed E-state index contributed by atoms with van der Waals surface area (Å²) in [7, 11) is 0. The molecule has 2 aromatic carbocycles. The maximum Gasteiger partial charge on any atom is 0.253 e. The lowest BCUT2D eigenvalue weighted by Gasteiger charge is -2.22. The molecule has 2 amide bonds. The normalized spacial score (nSPS) is 11.8. The van der Waals surface area contributed by atoms with Gasteiger partial charge in [0.25, 0.3) is 5.91 Å². The van der Waals surface area contributed by atoms with Gasteiger partial charge in [-0.25, -0.2) is 4.98 Å². The van der Waals surface area contributed by atoms with Gasteiger partial charge in [0.15, 0.2) is 16.1 Å². The van der Waals surface area contributed by atoms with Crippen LogP contribution in [0.5, 0.6) is 0 Å². The number of carbonyl (C=O) groups is 2. The number of allylic oxidation sites excluding steroid dienone is 1. The third kappa shape index (κ3) is 6.69. The summed E-state index contributed by atoms with van der Waals surface area (Å²) in [5.74, 6) is 0.212. The molecule has 0 bridgehead atoms. The van der Waals surface area contributed by atoms with Gasteiger partial charge in [-0.1, -0.05) is 85.8 Å². The Morgan fingerprint density at radius 2 is 1.87 bits per heavy atom. The van der Waals surface area contributed by atoms with Crippen molar-refractivity contribution in [3.8, 4) is 11.3 Å². The summed E-state index contributed by atoms with van der Waals surface area (Å²) in [6.45, 7) is 8.24. The Balaban J connectivity index is 1.45. The van der Waals surface area contributed by atoms with Crippen molar-refractivity contribution in [1.82, 2.24) is 25.1 Å². The van der Waals surface area contributed by atoms with Gasteiger partial charge in [-0.15, -0.1) is 28.1 Å². The van der Waals surface area contributed by atoms with E-state index in [1.807, 2.05) is 54.1 Å². The molecule has 4 rings (SSSR count). The van der Waals surface area contributed by atoms with Crippen LogP contribution in [0.25, 0.3) is 11.3 Å². The smallest absolute Gasteiger partial charge is 0.253 e. The lowest BCUT2D eigenvalue weighted by molar-refractivity contribution is -0.113.